The van der Waals surface area contributed by atoms with E-state index in [2.05, 4.69) is 27.8 Å². The third-order valence-electron chi connectivity index (χ3n) is 2.51. The molecule has 0 aromatic heterocycles. The maximum absolute atomic E-state index is 5.70. The van der Waals surface area contributed by atoms with Crippen LogP contribution in [-0.4, -0.2) is 19.8 Å². The Labute approximate surface area is 120 Å². The van der Waals surface area contributed by atoms with Crippen molar-refractivity contribution in [3.63, 3.8) is 0 Å². The van der Waals surface area contributed by atoms with E-state index in [-0.39, 0.29) is 0 Å². The minimum atomic E-state index is 0.591. The van der Waals surface area contributed by atoms with Gasteiger partial charge in [0.25, 0.3) is 0 Å². The van der Waals surface area contributed by atoms with Gasteiger partial charge in [-0.2, -0.15) is 0 Å². The highest BCUT2D eigenvalue weighted by Crippen LogP contribution is 2.38. The minimum absolute atomic E-state index is 0.591. The van der Waals surface area contributed by atoms with Crippen LogP contribution in [0.4, 0.5) is 0 Å². The van der Waals surface area contributed by atoms with Gasteiger partial charge in [0.1, 0.15) is 0 Å². The van der Waals surface area contributed by atoms with E-state index in [0.29, 0.717) is 31.3 Å². The zero-order valence-corrected chi connectivity index (χ0v) is 12.3. The van der Waals surface area contributed by atoms with Crippen LogP contribution in [0.2, 0.25) is 0 Å². The van der Waals surface area contributed by atoms with E-state index in [1.165, 1.54) is 0 Å². The van der Waals surface area contributed by atoms with Crippen LogP contribution < -0.4 is 14.8 Å². The van der Waals surface area contributed by atoms with Crippen LogP contribution in [-0.2, 0) is 6.54 Å². The van der Waals surface area contributed by atoms with E-state index in [0.717, 1.165) is 28.0 Å². The molecule has 2 rings (SSSR count). The van der Waals surface area contributed by atoms with Crippen molar-refractivity contribution in [1.82, 2.24) is 5.32 Å². The number of hydrogen-bond donors (Lipinski definition) is 1. The molecule has 98 valence electrons. The predicted octanol–water partition coefficient (Wildman–Crippen LogP) is 3.45. The standard InChI is InChI=1S/C13H15BrClNO2/c1-9(15)7-16-8-10-5-11(14)13-12(6-10)17-3-2-4-18-13/h5-6,16H,1-4,7-8H2. The highest BCUT2D eigenvalue weighted by Gasteiger charge is 2.14. The summed E-state index contributed by atoms with van der Waals surface area (Å²) in [5.74, 6) is 1.58. The summed E-state index contributed by atoms with van der Waals surface area (Å²) in [7, 11) is 0. The van der Waals surface area contributed by atoms with Crippen molar-refractivity contribution in [1.29, 1.82) is 0 Å². The molecule has 0 bridgehead atoms. The van der Waals surface area contributed by atoms with Gasteiger partial charge in [0.15, 0.2) is 11.5 Å². The third kappa shape index (κ3) is 3.64. The molecule has 0 aliphatic carbocycles. The first-order valence-electron chi connectivity index (χ1n) is 5.79. The molecule has 1 N–H and O–H groups in total. The van der Waals surface area contributed by atoms with Crippen molar-refractivity contribution in [3.8, 4) is 11.5 Å². The Kier molecular flexibility index (Phi) is 4.92. The van der Waals surface area contributed by atoms with E-state index in [4.69, 9.17) is 21.1 Å². The SMILES string of the molecule is C=C(Cl)CNCc1cc(Br)c2c(c1)OCCCO2. The molecule has 1 aliphatic rings. The molecule has 0 amide bonds. The molecule has 0 fully saturated rings. The molecular weight excluding hydrogens is 318 g/mol. The van der Waals surface area contributed by atoms with Crippen LogP contribution in [0, 0.1) is 0 Å². The molecule has 1 aliphatic heterocycles. The molecule has 1 heterocycles. The van der Waals surface area contributed by atoms with Crippen LogP contribution in [0.1, 0.15) is 12.0 Å². The molecule has 3 nitrogen and oxygen atoms in total. The lowest BCUT2D eigenvalue weighted by Crippen LogP contribution is -2.14. The summed E-state index contributed by atoms with van der Waals surface area (Å²) in [5.41, 5.74) is 1.11. The average Bonchev–Trinajstić information content (AvgIpc) is 2.54. The number of benzene rings is 1. The van der Waals surface area contributed by atoms with Crippen molar-refractivity contribution in [3.05, 3.63) is 33.8 Å². The fourth-order valence-electron chi connectivity index (χ4n) is 1.73. The first-order chi connectivity index (χ1) is 8.66. The van der Waals surface area contributed by atoms with Gasteiger partial charge in [0.05, 0.1) is 17.7 Å². The van der Waals surface area contributed by atoms with Gasteiger partial charge >= 0.3 is 0 Å². The third-order valence-corrected chi connectivity index (χ3v) is 3.23. The van der Waals surface area contributed by atoms with Gasteiger partial charge in [0, 0.05) is 24.5 Å². The summed E-state index contributed by atoms with van der Waals surface area (Å²) in [6.07, 6.45) is 0.904. The van der Waals surface area contributed by atoms with E-state index < -0.39 is 0 Å². The molecule has 0 unspecified atom stereocenters. The van der Waals surface area contributed by atoms with Crippen molar-refractivity contribution >= 4 is 27.5 Å². The molecule has 0 saturated carbocycles. The number of fused-ring (bicyclic) bond motifs is 1. The van der Waals surface area contributed by atoms with Crippen molar-refractivity contribution < 1.29 is 9.47 Å². The molecule has 5 heteroatoms. The first-order valence-corrected chi connectivity index (χ1v) is 6.96. The van der Waals surface area contributed by atoms with E-state index in [1.807, 2.05) is 12.1 Å². The molecule has 1 aromatic carbocycles. The monoisotopic (exact) mass is 331 g/mol. The quantitative estimate of drug-likeness (QED) is 0.916. The van der Waals surface area contributed by atoms with Crippen LogP contribution in [0.25, 0.3) is 0 Å². The second-order valence-electron chi connectivity index (χ2n) is 4.08. The smallest absolute Gasteiger partial charge is 0.175 e. The number of rotatable bonds is 4. The summed E-state index contributed by atoms with van der Waals surface area (Å²) in [6.45, 7) is 6.31. The fourth-order valence-corrected chi connectivity index (χ4v) is 2.43. The van der Waals surface area contributed by atoms with Crippen LogP contribution >= 0.6 is 27.5 Å². The van der Waals surface area contributed by atoms with Crippen LogP contribution in [0.3, 0.4) is 0 Å². The number of nitrogens with one attached hydrogen (secondary N) is 1. The molecular formula is C13H15BrClNO2. The number of hydrogen-bond acceptors (Lipinski definition) is 3. The fraction of sp³-hybridized carbons (Fsp3) is 0.385. The Balaban J connectivity index is 2.10. The summed E-state index contributed by atoms with van der Waals surface area (Å²) < 4.78 is 12.2. The van der Waals surface area contributed by atoms with Crippen molar-refractivity contribution in [2.45, 2.75) is 13.0 Å². The molecule has 0 spiro atoms. The van der Waals surface area contributed by atoms with Crippen LogP contribution in [0.5, 0.6) is 11.5 Å². The largest absolute Gasteiger partial charge is 0.490 e. The zero-order chi connectivity index (χ0) is 13.0. The van der Waals surface area contributed by atoms with Gasteiger partial charge in [0.2, 0.25) is 0 Å². The average molecular weight is 333 g/mol. The second kappa shape index (κ2) is 6.45. The Hall–Kier alpha value is -0.710. The van der Waals surface area contributed by atoms with E-state index >= 15 is 0 Å². The highest BCUT2D eigenvalue weighted by molar-refractivity contribution is 9.10. The lowest BCUT2D eigenvalue weighted by Gasteiger charge is -2.12. The van der Waals surface area contributed by atoms with Crippen molar-refractivity contribution in [2.24, 2.45) is 0 Å². The Morgan fingerprint density at radius 3 is 2.94 bits per heavy atom. The normalized spacial score (nSPS) is 14.1. The van der Waals surface area contributed by atoms with Gasteiger partial charge in [-0.3, -0.25) is 0 Å². The molecule has 0 atom stereocenters. The lowest BCUT2D eigenvalue weighted by atomic mass is 10.2. The van der Waals surface area contributed by atoms with E-state index in [1.54, 1.807) is 0 Å². The maximum atomic E-state index is 5.70. The minimum Gasteiger partial charge on any atom is -0.490 e. The Bertz CT molecular complexity index is 451. The van der Waals surface area contributed by atoms with Gasteiger partial charge in [-0.15, -0.1) is 0 Å². The summed E-state index contributed by atoms with van der Waals surface area (Å²) in [4.78, 5) is 0. The Morgan fingerprint density at radius 1 is 1.39 bits per heavy atom. The highest BCUT2D eigenvalue weighted by atomic mass is 79.9. The van der Waals surface area contributed by atoms with Gasteiger partial charge in [-0.1, -0.05) is 18.2 Å². The Morgan fingerprint density at radius 2 is 2.17 bits per heavy atom. The van der Waals surface area contributed by atoms with Gasteiger partial charge < -0.3 is 14.8 Å². The first kappa shape index (κ1) is 13.7. The van der Waals surface area contributed by atoms with Crippen molar-refractivity contribution in [2.75, 3.05) is 19.8 Å². The molecule has 1 aromatic rings. The molecule has 0 saturated heterocycles. The molecule has 0 radical (unpaired) electrons. The van der Waals surface area contributed by atoms with Gasteiger partial charge in [-0.05, 0) is 33.6 Å². The van der Waals surface area contributed by atoms with Gasteiger partial charge in [-0.25, -0.2) is 0 Å². The van der Waals surface area contributed by atoms with Crippen LogP contribution in [0.15, 0.2) is 28.2 Å². The summed E-state index contributed by atoms with van der Waals surface area (Å²) in [5, 5.41) is 3.80. The zero-order valence-electron chi connectivity index (χ0n) is 9.97. The maximum Gasteiger partial charge on any atom is 0.175 e. The topological polar surface area (TPSA) is 30.5 Å². The van der Waals surface area contributed by atoms with E-state index in [9.17, 15) is 0 Å². The molecule has 18 heavy (non-hydrogen) atoms. The summed E-state index contributed by atoms with van der Waals surface area (Å²) >= 11 is 9.21. The predicted molar refractivity (Wildman–Crippen MR) is 76.4 cm³/mol. The second-order valence-corrected chi connectivity index (χ2v) is 5.47. The lowest BCUT2D eigenvalue weighted by molar-refractivity contribution is 0.296. The summed E-state index contributed by atoms with van der Waals surface area (Å²) in [6, 6.07) is 4.02. The number of halogens is 2. The number of ether oxygens (including phenoxy) is 2.